The lowest BCUT2D eigenvalue weighted by molar-refractivity contribution is -0.141. The van der Waals surface area contributed by atoms with Crippen LogP contribution < -0.4 is 4.74 Å². The van der Waals surface area contributed by atoms with Crippen molar-refractivity contribution in [2.45, 2.75) is 30.8 Å². The second-order valence-corrected chi connectivity index (χ2v) is 8.67. The van der Waals surface area contributed by atoms with Gasteiger partial charge in [-0.25, -0.2) is 15.0 Å². The lowest BCUT2D eigenvalue weighted by Crippen LogP contribution is -2.07. The Morgan fingerprint density at radius 3 is 2.60 bits per heavy atom. The van der Waals surface area contributed by atoms with Gasteiger partial charge in [0.15, 0.2) is 5.82 Å². The van der Waals surface area contributed by atoms with E-state index in [9.17, 15) is 17.4 Å². The van der Waals surface area contributed by atoms with Gasteiger partial charge in [0.2, 0.25) is 0 Å². The number of aromatic nitrogens is 4. The molecule has 0 saturated heterocycles. The first-order valence-electron chi connectivity index (χ1n) is 9.19. The zero-order valence-corrected chi connectivity index (χ0v) is 17.2. The third-order valence-corrected chi connectivity index (χ3v) is 6.11. The molecule has 0 aliphatic heterocycles. The SMILES string of the molecule is CCS(=O)c1cc(OCC2CC2)cnc1-c1nc2cc(C(F)(F)F)ncc2n1C.O. The van der Waals surface area contributed by atoms with Gasteiger partial charge in [0.1, 0.15) is 17.1 Å². The zero-order chi connectivity index (χ0) is 20.8. The average Bonchev–Trinajstić information content (AvgIpc) is 3.47. The fourth-order valence-electron chi connectivity index (χ4n) is 2.96. The van der Waals surface area contributed by atoms with Crippen LogP contribution in [0.2, 0.25) is 0 Å². The molecule has 1 unspecified atom stereocenters. The second kappa shape index (κ2) is 8.31. The molecule has 1 atom stereocenters. The lowest BCUT2D eigenvalue weighted by Gasteiger charge is -2.11. The number of nitrogens with zero attached hydrogens (tertiary/aromatic N) is 4. The molecule has 3 heterocycles. The van der Waals surface area contributed by atoms with Crippen LogP contribution in [0.15, 0.2) is 29.4 Å². The minimum absolute atomic E-state index is 0. The molecular formula is C19H21F3N4O3S. The van der Waals surface area contributed by atoms with E-state index < -0.39 is 22.7 Å². The molecule has 2 N–H and O–H groups in total. The lowest BCUT2D eigenvalue weighted by atomic mass is 10.3. The molecule has 1 fully saturated rings. The standard InChI is InChI=1S/C19H19F3N4O2S.H2O/c1-3-29(27)15-6-12(28-10-11-4-5-11)8-24-17(15)18-25-13-7-16(19(20,21)22)23-9-14(13)26(18)2;/h6-9,11H,3-5,10H2,1-2H3;1H2. The van der Waals surface area contributed by atoms with E-state index in [1.165, 1.54) is 6.20 Å². The van der Waals surface area contributed by atoms with E-state index >= 15 is 0 Å². The smallest absolute Gasteiger partial charge is 0.433 e. The number of aryl methyl sites for hydroxylation is 1. The highest BCUT2D eigenvalue weighted by molar-refractivity contribution is 7.85. The summed E-state index contributed by atoms with van der Waals surface area (Å²) in [4.78, 5) is 12.7. The van der Waals surface area contributed by atoms with Crippen LogP contribution >= 0.6 is 0 Å². The Kier molecular flexibility index (Phi) is 6.14. The van der Waals surface area contributed by atoms with Crippen LogP contribution in [0.4, 0.5) is 13.2 Å². The summed E-state index contributed by atoms with van der Waals surface area (Å²) in [6.45, 7) is 2.38. The molecule has 3 aromatic heterocycles. The molecular weight excluding hydrogens is 421 g/mol. The summed E-state index contributed by atoms with van der Waals surface area (Å²) in [5.74, 6) is 1.78. The largest absolute Gasteiger partial charge is 0.492 e. The van der Waals surface area contributed by atoms with E-state index in [4.69, 9.17) is 4.74 Å². The molecule has 30 heavy (non-hydrogen) atoms. The number of pyridine rings is 2. The van der Waals surface area contributed by atoms with Crippen LogP contribution in [-0.2, 0) is 24.0 Å². The van der Waals surface area contributed by atoms with Crippen molar-refractivity contribution in [1.29, 1.82) is 0 Å². The number of halogens is 3. The topological polar surface area (TPSA) is 101 Å². The van der Waals surface area contributed by atoms with Crippen molar-refractivity contribution in [2.75, 3.05) is 12.4 Å². The number of hydrogen-bond acceptors (Lipinski definition) is 5. The van der Waals surface area contributed by atoms with Gasteiger partial charge in [-0.3, -0.25) is 4.21 Å². The van der Waals surface area contributed by atoms with Gasteiger partial charge in [0.25, 0.3) is 0 Å². The predicted octanol–water partition coefficient (Wildman–Crippen LogP) is 3.14. The van der Waals surface area contributed by atoms with Gasteiger partial charge in [-0.1, -0.05) is 6.92 Å². The van der Waals surface area contributed by atoms with E-state index in [1.54, 1.807) is 24.6 Å². The molecule has 0 spiro atoms. The third kappa shape index (κ3) is 4.31. The molecule has 7 nitrogen and oxygen atoms in total. The molecule has 0 amide bonds. The Morgan fingerprint density at radius 2 is 1.97 bits per heavy atom. The summed E-state index contributed by atoms with van der Waals surface area (Å²) >= 11 is 0. The maximum atomic E-state index is 13.0. The number of alkyl halides is 3. The van der Waals surface area contributed by atoms with Gasteiger partial charge < -0.3 is 14.8 Å². The first-order valence-corrected chi connectivity index (χ1v) is 10.5. The quantitative estimate of drug-likeness (QED) is 0.584. The van der Waals surface area contributed by atoms with Gasteiger partial charge >= 0.3 is 6.18 Å². The van der Waals surface area contributed by atoms with E-state index in [-0.39, 0.29) is 11.0 Å². The molecule has 0 bridgehead atoms. The maximum absolute atomic E-state index is 13.0. The van der Waals surface area contributed by atoms with E-state index in [1.807, 2.05) is 0 Å². The van der Waals surface area contributed by atoms with Crippen molar-refractivity contribution >= 4 is 21.8 Å². The average molecular weight is 442 g/mol. The van der Waals surface area contributed by atoms with Crippen molar-refractivity contribution in [1.82, 2.24) is 19.5 Å². The zero-order valence-electron chi connectivity index (χ0n) is 16.4. The Morgan fingerprint density at radius 1 is 1.23 bits per heavy atom. The first kappa shape index (κ1) is 22.2. The second-order valence-electron chi connectivity index (χ2n) is 6.96. The monoisotopic (exact) mass is 442 g/mol. The highest BCUT2D eigenvalue weighted by atomic mass is 32.2. The Balaban J connectivity index is 0.00000256. The van der Waals surface area contributed by atoms with Crippen LogP contribution in [-0.4, -0.2) is 41.6 Å². The molecule has 1 aliphatic carbocycles. The number of fused-ring (bicyclic) bond motifs is 1. The van der Waals surface area contributed by atoms with Crippen molar-refractivity contribution in [3.05, 3.63) is 30.2 Å². The van der Waals surface area contributed by atoms with E-state index in [2.05, 4.69) is 15.0 Å². The Bertz CT molecular complexity index is 1100. The fraction of sp³-hybridized carbons (Fsp3) is 0.421. The van der Waals surface area contributed by atoms with Crippen molar-refractivity contribution < 1.29 is 27.6 Å². The molecule has 0 radical (unpaired) electrons. The Hall–Kier alpha value is -2.53. The number of hydrogen-bond donors (Lipinski definition) is 0. The first-order chi connectivity index (χ1) is 13.8. The van der Waals surface area contributed by atoms with Crippen molar-refractivity contribution in [3.63, 3.8) is 0 Å². The summed E-state index contributed by atoms with van der Waals surface area (Å²) in [5.41, 5.74) is -0.0778. The van der Waals surface area contributed by atoms with Crippen LogP contribution in [0.1, 0.15) is 25.5 Å². The molecule has 162 valence electrons. The minimum Gasteiger partial charge on any atom is -0.492 e. The molecule has 4 rings (SSSR count). The van der Waals surface area contributed by atoms with E-state index in [0.29, 0.717) is 46.0 Å². The highest BCUT2D eigenvalue weighted by Crippen LogP contribution is 2.33. The molecule has 11 heteroatoms. The summed E-state index contributed by atoms with van der Waals surface area (Å²) in [6.07, 6.45) is 0.407. The van der Waals surface area contributed by atoms with Gasteiger partial charge in [-0.05, 0) is 24.8 Å². The Labute approximate surface area is 173 Å². The normalized spacial score (nSPS) is 15.1. The van der Waals surface area contributed by atoms with Gasteiger partial charge in [-0.15, -0.1) is 0 Å². The van der Waals surface area contributed by atoms with Crippen molar-refractivity contribution in [3.8, 4) is 17.3 Å². The van der Waals surface area contributed by atoms with Crippen LogP contribution in [0.5, 0.6) is 5.75 Å². The van der Waals surface area contributed by atoms with Crippen LogP contribution in [0.3, 0.4) is 0 Å². The number of imidazole rings is 1. The number of rotatable bonds is 6. The van der Waals surface area contributed by atoms with Crippen LogP contribution in [0.25, 0.3) is 22.6 Å². The van der Waals surface area contributed by atoms with Gasteiger partial charge in [-0.2, -0.15) is 13.2 Å². The molecule has 1 aliphatic rings. The highest BCUT2D eigenvalue weighted by Gasteiger charge is 2.33. The van der Waals surface area contributed by atoms with Crippen molar-refractivity contribution in [2.24, 2.45) is 13.0 Å². The van der Waals surface area contributed by atoms with Gasteiger partial charge in [0, 0.05) is 18.9 Å². The van der Waals surface area contributed by atoms with Gasteiger partial charge in [0.05, 0.1) is 45.7 Å². The molecule has 0 aromatic carbocycles. The fourth-order valence-corrected chi connectivity index (χ4v) is 3.87. The van der Waals surface area contributed by atoms with E-state index in [0.717, 1.165) is 25.1 Å². The third-order valence-electron chi connectivity index (χ3n) is 4.79. The van der Waals surface area contributed by atoms with Crippen LogP contribution in [0, 0.1) is 5.92 Å². The summed E-state index contributed by atoms with van der Waals surface area (Å²) < 4.78 is 58.9. The predicted molar refractivity (Wildman–Crippen MR) is 106 cm³/mol. The molecule has 1 saturated carbocycles. The summed E-state index contributed by atoms with van der Waals surface area (Å²) in [7, 11) is 0.313. The minimum atomic E-state index is -4.56. The summed E-state index contributed by atoms with van der Waals surface area (Å²) in [6, 6.07) is 2.59. The number of ether oxygens (including phenoxy) is 1. The molecule has 3 aromatic rings. The summed E-state index contributed by atoms with van der Waals surface area (Å²) in [5, 5.41) is 0. The maximum Gasteiger partial charge on any atom is 0.433 e.